The Hall–Kier alpha value is -1.92. The molecule has 1 rings (SSSR count). The predicted molar refractivity (Wildman–Crippen MR) is 76.9 cm³/mol. The van der Waals surface area contributed by atoms with Crippen LogP contribution in [-0.2, 0) is 14.3 Å². The normalized spacial score (nSPS) is 10.2. The molecule has 0 unspecified atom stereocenters. The van der Waals surface area contributed by atoms with E-state index in [4.69, 9.17) is 9.84 Å². The van der Waals surface area contributed by atoms with Crippen LogP contribution >= 0.6 is 0 Å². The number of carbonyl (C=O) groups excluding carboxylic acids is 2. The molecule has 0 spiro atoms. The Morgan fingerprint density at radius 3 is 2.48 bits per heavy atom. The molecule has 0 saturated carbocycles. The van der Waals surface area contributed by atoms with Gasteiger partial charge < -0.3 is 19.5 Å². The van der Waals surface area contributed by atoms with Crippen molar-refractivity contribution in [1.82, 2.24) is 4.90 Å². The Bertz CT molecular complexity index is 435. The summed E-state index contributed by atoms with van der Waals surface area (Å²) in [6.07, 6.45) is 0.134. The van der Waals surface area contributed by atoms with Crippen LogP contribution in [-0.4, -0.2) is 61.9 Å². The molecule has 1 aromatic rings. The van der Waals surface area contributed by atoms with Gasteiger partial charge in [0.05, 0.1) is 33.4 Å². The number of hydrogen-bond donors (Lipinski definition) is 1. The van der Waals surface area contributed by atoms with Gasteiger partial charge in [0.25, 0.3) is 5.91 Å². The molecule has 1 amide bonds. The summed E-state index contributed by atoms with van der Waals surface area (Å²) < 4.78 is 9.76. The number of ether oxygens (including phenoxy) is 2. The van der Waals surface area contributed by atoms with Crippen molar-refractivity contribution in [3.8, 4) is 0 Å². The summed E-state index contributed by atoms with van der Waals surface area (Å²) in [5.41, 5.74) is 0.560. The number of aliphatic hydroxyl groups is 1. The van der Waals surface area contributed by atoms with Gasteiger partial charge in [-0.1, -0.05) is 18.2 Å². The second-order valence-electron chi connectivity index (χ2n) is 4.32. The monoisotopic (exact) mass is 295 g/mol. The maximum Gasteiger partial charge on any atom is 0.307 e. The van der Waals surface area contributed by atoms with Crippen LogP contribution in [0.3, 0.4) is 0 Å². The van der Waals surface area contributed by atoms with E-state index in [2.05, 4.69) is 4.74 Å². The third kappa shape index (κ3) is 6.37. The minimum atomic E-state index is -0.364. The van der Waals surface area contributed by atoms with Crippen LogP contribution in [0, 0.1) is 0 Å². The first-order valence-corrected chi connectivity index (χ1v) is 6.78. The van der Waals surface area contributed by atoms with E-state index >= 15 is 0 Å². The Morgan fingerprint density at radius 2 is 1.86 bits per heavy atom. The standard InChI is InChI=1S/C15H21NO5/c1-20-14(18)7-8-16(9-11-21-12-10-17)15(19)13-5-3-2-4-6-13/h2-6,17H,7-12H2,1H3. The molecule has 116 valence electrons. The lowest BCUT2D eigenvalue weighted by molar-refractivity contribution is -0.140. The van der Waals surface area contributed by atoms with Gasteiger partial charge in [0.15, 0.2) is 0 Å². The van der Waals surface area contributed by atoms with Crippen molar-refractivity contribution in [2.45, 2.75) is 6.42 Å². The van der Waals surface area contributed by atoms with Gasteiger partial charge in [-0.05, 0) is 12.1 Å². The Kier molecular flexibility index (Phi) is 8.08. The number of benzene rings is 1. The number of rotatable bonds is 9. The fourth-order valence-corrected chi connectivity index (χ4v) is 1.75. The van der Waals surface area contributed by atoms with Crippen molar-refractivity contribution >= 4 is 11.9 Å². The summed E-state index contributed by atoms with van der Waals surface area (Å²) >= 11 is 0. The maximum atomic E-state index is 12.4. The van der Waals surface area contributed by atoms with Crippen LogP contribution in [0.1, 0.15) is 16.8 Å². The van der Waals surface area contributed by atoms with Crippen molar-refractivity contribution in [2.75, 3.05) is 40.0 Å². The Labute approximate surface area is 124 Å². The zero-order chi connectivity index (χ0) is 15.5. The second kappa shape index (κ2) is 9.90. The fourth-order valence-electron chi connectivity index (χ4n) is 1.75. The smallest absolute Gasteiger partial charge is 0.307 e. The van der Waals surface area contributed by atoms with Gasteiger partial charge in [0.1, 0.15) is 0 Å². The molecule has 0 saturated heterocycles. The van der Waals surface area contributed by atoms with Crippen LogP contribution in [0.25, 0.3) is 0 Å². The van der Waals surface area contributed by atoms with Crippen molar-refractivity contribution in [3.63, 3.8) is 0 Å². The predicted octanol–water partition coefficient (Wildman–Crippen LogP) is 0.701. The first-order valence-electron chi connectivity index (χ1n) is 6.78. The number of aliphatic hydroxyl groups excluding tert-OH is 1. The molecule has 21 heavy (non-hydrogen) atoms. The molecule has 6 heteroatoms. The summed E-state index contributed by atoms with van der Waals surface area (Å²) in [6.45, 7) is 1.09. The number of hydrogen-bond acceptors (Lipinski definition) is 5. The second-order valence-corrected chi connectivity index (χ2v) is 4.32. The number of methoxy groups -OCH3 is 1. The van der Waals surface area contributed by atoms with Crippen LogP contribution in [0.4, 0.5) is 0 Å². The van der Waals surface area contributed by atoms with Crippen LogP contribution < -0.4 is 0 Å². The lowest BCUT2D eigenvalue weighted by Crippen LogP contribution is -2.36. The van der Waals surface area contributed by atoms with E-state index in [-0.39, 0.29) is 38.1 Å². The van der Waals surface area contributed by atoms with Crippen LogP contribution in [0.2, 0.25) is 0 Å². The number of esters is 1. The van der Waals surface area contributed by atoms with Crippen molar-refractivity contribution < 1.29 is 24.2 Å². The van der Waals surface area contributed by atoms with Crippen molar-refractivity contribution in [3.05, 3.63) is 35.9 Å². The molecular formula is C15H21NO5. The van der Waals surface area contributed by atoms with Crippen LogP contribution in [0.15, 0.2) is 30.3 Å². The summed E-state index contributed by atoms with van der Waals surface area (Å²) in [7, 11) is 1.32. The Morgan fingerprint density at radius 1 is 1.14 bits per heavy atom. The Balaban J connectivity index is 2.61. The molecule has 0 aromatic heterocycles. The van der Waals surface area contributed by atoms with Gasteiger partial charge in [-0.15, -0.1) is 0 Å². The van der Waals surface area contributed by atoms with Gasteiger partial charge in [-0.3, -0.25) is 9.59 Å². The quantitative estimate of drug-likeness (QED) is 0.536. The number of amides is 1. The summed E-state index contributed by atoms with van der Waals surface area (Å²) in [6, 6.07) is 8.85. The first-order chi connectivity index (χ1) is 10.2. The van der Waals surface area contributed by atoms with Gasteiger partial charge in [-0.25, -0.2) is 0 Å². The average Bonchev–Trinajstić information content (AvgIpc) is 2.54. The summed E-state index contributed by atoms with van der Waals surface area (Å²) in [4.78, 5) is 25.2. The van der Waals surface area contributed by atoms with Crippen LogP contribution in [0.5, 0.6) is 0 Å². The molecule has 0 atom stereocenters. The zero-order valence-electron chi connectivity index (χ0n) is 12.2. The van der Waals surface area contributed by atoms with E-state index in [9.17, 15) is 9.59 Å². The minimum absolute atomic E-state index is 0.0607. The molecule has 1 aromatic carbocycles. The van der Waals surface area contributed by atoms with E-state index in [0.717, 1.165) is 0 Å². The molecule has 0 radical (unpaired) electrons. The molecule has 1 N–H and O–H groups in total. The number of carbonyl (C=O) groups is 2. The first kappa shape index (κ1) is 17.1. The summed E-state index contributed by atoms with van der Waals surface area (Å²) in [5.74, 6) is -0.524. The number of nitrogens with zero attached hydrogens (tertiary/aromatic N) is 1. The summed E-state index contributed by atoms with van der Waals surface area (Å²) in [5, 5.41) is 8.66. The third-order valence-electron chi connectivity index (χ3n) is 2.86. The molecule has 0 aliphatic heterocycles. The van der Waals surface area contributed by atoms with Crippen molar-refractivity contribution in [1.29, 1.82) is 0 Å². The molecule has 0 fully saturated rings. The minimum Gasteiger partial charge on any atom is -0.469 e. The van der Waals surface area contributed by atoms with E-state index < -0.39 is 0 Å². The van der Waals surface area contributed by atoms with E-state index in [1.807, 2.05) is 6.07 Å². The molecule has 0 heterocycles. The molecule has 0 aliphatic rings. The highest BCUT2D eigenvalue weighted by Crippen LogP contribution is 2.06. The molecule has 0 aliphatic carbocycles. The highest BCUT2D eigenvalue weighted by Gasteiger charge is 2.16. The van der Waals surface area contributed by atoms with Gasteiger partial charge in [-0.2, -0.15) is 0 Å². The third-order valence-corrected chi connectivity index (χ3v) is 2.86. The molecule has 6 nitrogen and oxygen atoms in total. The zero-order valence-corrected chi connectivity index (χ0v) is 12.2. The lowest BCUT2D eigenvalue weighted by Gasteiger charge is -2.22. The van der Waals surface area contributed by atoms with Gasteiger partial charge in [0.2, 0.25) is 0 Å². The highest BCUT2D eigenvalue weighted by atomic mass is 16.5. The van der Waals surface area contributed by atoms with Crippen molar-refractivity contribution in [2.24, 2.45) is 0 Å². The average molecular weight is 295 g/mol. The fraction of sp³-hybridized carbons (Fsp3) is 0.467. The van der Waals surface area contributed by atoms with Gasteiger partial charge >= 0.3 is 5.97 Å². The largest absolute Gasteiger partial charge is 0.469 e. The molecular weight excluding hydrogens is 274 g/mol. The van der Waals surface area contributed by atoms with E-state index in [0.29, 0.717) is 18.7 Å². The maximum absolute atomic E-state index is 12.4. The van der Waals surface area contributed by atoms with E-state index in [1.54, 1.807) is 29.2 Å². The molecule has 0 bridgehead atoms. The van der Waals surface area contributed by atoms with E-state index in [1.165, 1.54) is 7.11 Å². The lowest BCUT2D eigenvalue weighted by atomic mass is 10.2. The SMILES string of the molecule is COC(=O)CCN(CCOCCO)C(=O)c1ccccc1. The van der Waals surface area contributed by atoms with Gasteiger partial charge in [0, 0.05) is 18.7 Å². The topological polar surface area (TPSA) is 76.1 Å². The highest BCUT2D eigenvalue weighted by molar-refractivity contribution is 5.94.